The van der Waals surface area contributed by atoms with Crippen molar-refractivity contribution in [2.75, 3.05) is 48.6 Å². The van der Waals surface area contributed by atoms with E-state index in [0.29, 0.717) is 0 Å². The van der Waals surface area contributed by atoms with Crippen LogP contribution in [-0.4, -0.2) is 70.7 Å². The lowest BCUT2D eigenvalue weighted by Crippen LogP contribution is -2.60. The molecule has 0 aromatic carbocycles. The summed E-state index contributed by atoms with van der Waals surface area (Å²) in [7, 11) is 3.89. The summed E-state index contributed by atoms with van der Waals surface area (Å²) in [5.74, 6) is 0. The predicted molar refractivity (Wildman–Crippen MR) is 81.6 cm³/mol. The van der Waals surface area contributed by atoms with Gasteiger partial charge in [-0.15, -0.1) is 0 Å². The van der Waals surface area contributed by atoms with Crippen LogP contribution < -0.4 is 0 Å². The maximum absolute atomic E-state index is 5.76. The molecule has 0 spiro atoms. The molecule has 1 aliphatic heterocycles. The molecule has 0 aliphatic carbocycles. The summed E-state index contributed by atoms with van der Waals surface area (Å²) in [5, 5.41) is 0. The maximum Gasteiger partial charge on any atom is 0.500 e. The molecule has 0 amide bonds. The van der Waals surface area contributed by atoms with Gasteiger partial charge in [-0.3, -0.25) is 4.57 Å². The quantitative estimate of drug-likeness (QED) is 0.601. The van der Waals surface area contributed by atoms with E-state index in [2.05, 4.69) is 4.57 Å². The number of hydrogen-bond acceptors (Lipinski definition) is 6. The largest absolute Gasteiger partial charge is 0.500 e. The van der Waals surface area contributed by atoms with Crippen LogP contribution in [0.25, 0.3) is 0 Å². The first kappa shape index (κ1) is 18.2. The predicted octanol–water partition coefficient (Wildman–Crippen LogP) is 1.58. The van der Waals surface area contributed by atoms with Crippen LogP contribution in [0.2, 0.25) is 12.1 Å². The standard InChI is InChI=1S/C12H29NO5Si2/c1-14-19(15-2)11-7-6-9-13(19)10-8-12-20(16-3,17-4)18-5/h6-12H2,1-5H3. The van der Waals surface area contributed by atoms with Crippen molar-refractivity contribution in [1.82, 2.24) is 4.57 Å². The summed E-state index contributed by atoms with van der Waals surface area (Å²) in [6, 6.07) is 1.85. The molecule has 120 valence electrons. The molecule has 6 nitrogen and oxygen atoms in total. The molecule has 0 aromatic rings. The van der Waals surface area contributed by atoms with Gasteiger partial charge in [-0.2, -0.15) is 0 Å². The van der Waals surface area contributed by atoms with Gasteiger partial charge >= 0.3 is 17.5 Å². The second-order valence-corrected chi connectivity index (χ2v) is 11.4. The van der Waals surface area contributed by atoms with Crippen LogP contribution in [0.15, 0.2) is 0 Å². The van der Waals surface area contributed by atoms with E-state index in [1.807, 2.05) is 0 Å². The Hall–Kier alpha value is 0.194. The lowest BCUT2D eigenvalue weighted by molar-refractivity contribution is 0.118. The van der Waals surface area contributed by atoms with E-state index in [-0.39, 0.29) is 0 Å². The third-order valence-corrected chi connectivity index (χ3v) is 10.6. The van der Waals surface area contributed by atoms with Crippen LogP contribution in [0, 0.1) is 0 Å². The first-order valence-electron chi connectivity index (χ1n) is 7.13. The van der Waals surface area contributed by atoms with E-state index in [0.717, 1.165) is 31.6 Å². The Labute approximate surface area is 125 Å². The zero-order valence-corrected chi connectivity index (χ0v) is 15.4. The topological polar surface area (TPSA) is 49.4 Å². The number of nitrogens with zero attached hydrogens (tertiary/aromatic N) is 1. The number of hydrogen-bond donors (Lipinski definition) is 0. The highest BCUT2D eigenvalue weighted by atomic mass is 28.4. The van der Waals surface area contributed by atoms with Gasteiger partial charge in [0.2, 0.25) is 0 Å². The SMILES string of the molecule is CO[Si](CCCN1CCCC[Si]1(OC)OC)(OC)OC. The van der Waals surface area contributed by atoms with E-state index in [4.69, 9.17) is 22.1 Å². The van der Waals surface area contributed by atoms with Gasteiger partial charge in [0.25, 0.3) is 0 Å². The van der Waals surface area contributed by atoms with Crippen LogP contribution in [-0.2, 0) is 22.1 Å². The Balaban J connectivity index is 2.54. The minimum absolute atomic E-state index is 0.810. The Morgan fingerprint density at radius 1 is 0.950 bits per heavy atom. The van der Waals surface area contributed by atoms with Gasteiger partial charge in [-0.1, -0.05) is 0 Å². The zero-order valence-electron chi connectivity index (χ0n) is 13.4. The average Bonchev–Trinajstić information content (AvgIpc) is 2.52. The lowest BCUT2D eigenvalue weighted by Gasteiger charge is -2.41. The van der Waals surface area contributed by atoms with Crippen molar-refractivity contribution in [3.63, 3.8) is 0 Å². The summed E-state index contributed by atoms with van der Waals surface area (Å²) < 4.78 is 30.3. The number of rotatable bonds is 9. The summed E-state index contributed by atoms with van der Waals surface area (Å²) in [5.41, 5.74) is 0. The minimum Gasteiger partial charge on any atom is -0.386 e. The van der Waals surface area contributed by atoms with Crippen molar-refractivity contribution in [3.8, 4) is 0 Å². The minimum atomic E-state index is -2.46. The van der Waals surface area contributed by atoms with Gasteiger partial charge in [0.05, 0.1) is 0 Å². The molecule has 1 rings (SSSR count). The molecule has 0 radical (unpaired) electrons. The molecule has 0 aromatic heterocycles. The van der Waals surface area contributed by atoms with Crippen molar-refractivity contribution in [1.29, 1.82) is 0 Å². The summed E-state index contributed by atoms with van der Waals surface area (Å²) in [6.07, 6.45) is 3.36. The van der Waals surface area contributed by atoms with Crippen LogP contribution in [0.4, 0.5) is 0 Å². The molecule has 0 saturated carbocycles. The van der Waals surface area contributed by atoms with Gasteiger partial charge in [-0.05, 0) is 32.4 Å². The third-order valence-electron chi connectivity index (χ3n) is 4.13. The van der Waals surface area contributed by atoms with Crippen molar-refractivity contribution in [2.45, 2.75) is 31.4 Å². The van der Waals surface area contributed by atoms with Gasteiger partial charge in [0.15, 0.2) is 0 Å². The van der Waals surface area contributed by atoms with Crippen LogP contribution in [0.1, 0.15) is 19.3 Å². The molecule has 0 N–H and O–H groups in total. The third kappa shape index (κ3) is 4.11. The molecule has 1 heterocycles. The summed E-state index contributed by atoms with van der Waals surface area (Å²) in [6.45, 7) is 1.99. The fourth-order valence-corrected chi connectivity index (χ4v) is 7.66. The molecule has 1 aliphatic rings. The molecular weight excluding hydrogens is 294 g/mol. The van der Waals surface area contributed by atoms with Crippen molar-refractivity contribution >= 4 is 17.5 Å². The normalized spacial score (nSPS) is 20.2. The van der Waals surface area contributed by atoms with E-state index in [9.17, 15) is 0 Å². The highest BCUT2D eigenvalue weighted by Crippen LogP contribution is 2.27. The summed E-state index contributed by atoms with van der Waals surface area (Å²) >= 11 is 0. The van der Waals surface area contributed by atoms with Gasteiger partial charge in [0.1, 0.15) is 0 Å². The zero-order chi connectivity index (χ0) is 15.1. The van der Waals surface area contributed by atoms with Crippen molar-refractivity contribution in [2.24, 2.45) is 0 Å². The Morgan fingerprint density at radius 2 is 1.55 bits per heavy atom. The van der Waals surface area contributed by atoms with Crippen molar-refractivity contribution < 1.29 is 22.1 Å². The van der Waals surface area contributed by atoms with Crippen molar-refractivity contribution in [3.05, 3.63) is 0 Å². The highest BCUT2D eigenvalue weighted by Gasteiger charge is 2.45. The van der Waals surface area contributed by atoms with Crippen LogP contribution in [0.3, 0.4) is 0 Å². The molecule has 1 saturated heterocycles. The van der Waals surface area contributed by atoms with E-state index in [1.165, 1.54) is 12.8 Å². The van der Waals surface area contributed by atoms with Crippen LogP contribution in [0.5, 0.6) is 0 Å². The van der Waals surface area contributed by atoms with Gasteiger partial charge in [-0.25, -0.2) is 0 Å². The van der Waals surface area contributed by atoms with E-state index in [1.54, 1.807) is 35.5 Å². The van der Waals surface area contributed by atoms with Gasteiger partial charge < -0.3 is 22.1 Å². The Kier molecular flexibility index (Phi) is 7.84. The maximum atomic E-state index is 5.76. The van der Waals surface area contributed by atoms with Gasteiger partial charge in [0, 0.05) is 47.6 Å². The van der Waals surface area contributed by atoms with E-state index >= 15 is 0 Å². The highest BCUT2D eigenvalue weighted by molar-refractivity contribution is 6.64. The molecule has 1 fully saturated rings. The molecule has 8 heteroatoms. The average molecular weight is 324 g/mol. The first-order chi connectivity index (χ1) is 9.62. The monoisotopic (exact) mass is 323 g/mol. The molecular formula is C12H29NO5Si2. The Bertz CT molecular complexity index is 266. The second kappa shape index (κ2) is 8.59. The second-order valence-electron chi connectivity index (χ2n) is 4.96. The molecule has 0 atom stereocenters. The lowest BCUT2D eigenvalue weighted by atomic mass is 10.3. The smallest absolute Gasteiger partial charge is 0.386 e. The van der Waals surface area contributed by atoms with E-state index < -0.39 is 17.5 Å². The Morgan fingerprint density at radius 3 is 2.05 bits per heavy atom. The van der Waals surface area contributed by atoms with Crippen LogP contribution >= 0.6 is 0 Å². The molecule has 20 heavy (non-hydrogen) atoms. The molecule has 0 unspecified atom stereocenters. The fourth-order valence-electron chi connectivity index (χ4n) is 2.85. The summed E-state index contributed by atoms with van der Waals surface area (Å²) in [4.78, 5) is 0. The fraction of sp³-hybridized carbons (Fsp3) is 1.00. The first-order valence-corrected chi connectivity index (χ1v) is 11.0. The molecule has 0 bridgehead atoms.